The van der Waals surface area contributed by atoms with E-state index in [-0.39, 0.29) is 0 Å². The van der Waals surface area contributed by atoms with Crippen molar-refractivity contribution in [2.75, 3.05) is 33.0 Å². The highest BCUT2D eigenvalue weighted by Crippen LogP contribution is 2.42. The lowest BCUT2D eigenvalue weighted by Crippen LogP contribution is -2.43. The van der Waals surface area contributed by atoms with Crippen molar-refractivity contribution in [1.82, 2.24) is 10.2 Å². The standard InChI is InChI=1S/C14H19ClN2O2/c1-2-10-11(8-17-5-3-16-4-6-17)12(15)7-13-14(10)19-9-18-13/h7,16H,2-6,8-9H2,1H3. The zero-order valence-corrected chi connectivity index (χ0v) is 11.9. The molecule has 1 saturated heterocycles. The summed E-state index contributed by atoms with van der Waals surface area (Å²) in [6.45, 7) is 7.54. The van der Waals surface area contributed by atoms with Crippen molar-refractivity contribution in [2.45, 2.75) is 19.9 Å². The van der Waals surface area contributed by atoms with Gasteiger partial charge >= 0.3 is 0 Å². The van der Waals surface area contributed by atoms with Gasteiger partial charge in [0, 0.05) is 49.4 Å². The van der Waals surface area contributed by atoms with Crippen LogP contribution in [0, 0.1) is 0 Å². The van der Waals surface area contributed by atoms with Gasteiger partial charge in [-0.15, -0.1) is 0 Å². The number of fused-ring (bicyclic) bond motifs is 1. The molecule has 0 unspecified atom stereocenters. The molecule has 0 saturated carbocycles. The van der Waals surface area contributed by atoms with Crippen LogP contribution in [0.3, 0.4) is 0 Å². The molecule has 0 amide bonds. The Labute approximate surface area is 118 Å². The van der Waals surface area contributed by atoms with Crippen LogP contribution in [0.25, 0.3) is 0 Å². The molecule has 0 spiro atoms. The number of benzene rings is 1. The summed E-state index contributed by atoms with van der Waals surface area (Å²) in [6.07, 6.45) is 0.910. The van der Waals surface area contributed by atoms with Crippen molar-refractivity contribution in [3.05, 3.63) is 22.2 Å². The molecule has 0 aromatic heterocycles. The lowest BCUT2D eigenvalue weighted by atomic mass is 10.0. The second-order valence-electron chi connectivity index (χ2n) is 4.93. The zero-order chi connectivity index (χ0) is 13.2. The van der Waals surface area contributed by atoms with Gasteiger partial charge in [0.1, 0.15) is 0 Å². The maximum atomic E-state index is 6.43. The summed E-state index contributed by atoms with van der Waals surface area (Å²) in [7, 11) is 0. The molecule has 5 heteroatoms. The number of rotatable bonds is 3. The van der Waals surface area contributed by atoms with Gasteiger partial charge in [0.15, 0.2) is 11.5 Å². The van der Waals surface area contributed by atoms with Gasteiger partial charge in [-0.1, -0.05) is 18.5 Å². The molecule has 1 fully saturated rings. The largest absolute Gasteiger partial charge is 0.454 e. The quantitative estimate of drug-likeness (QED) is 0.920. The molecule has 0 atom stereocenters. The molecule has 0 bridgehead atoms. The topological polar surface area (TPSA) is 33.7 Å². The molecule has 0 aliphatic carbocycles. The lowest BCUT2D eigenvalue weighted by Gasteiger charge is -2.28. The van der Waals surface area contributed by atoms with Crippen molar-refractivity contribution in [1.29, 1.82) is 0 Å². The molecular formula is C14H19ClN2O2. The zero-order valence-electron chi connectivity index (χ0n) is 11.2. The minimum atomic E-state index is 0.301. The fourth-order valence-electron chi connectivity index (χ4n) is 2.75. The second kappa shape index (κ2) is 5.57. The van der Waals surface area contributed by atoms with Crippen LogP contribution in [0.5, 0.6) is 11.5 Å². The van der Waals surface area contributed by atoms with Crippen LogP contribution in [0.4, 0.5) is 0 Å². The van der Waals surface area contributed by atoms with Gasteiger partial charge < -0.3 is 14.8 Å². The van der Waals surface area contributed by atoms with Crippen LogP contribution < -0.4 is 14.8 Å². The van der Waals surface area contributed by atoms with E-state index in [0.717, 1.165) is 55.7 Å². The SMILES string of the molecule is CCc1c(CN2CCNCC2)c(Cl)cc2c1OCO2. The van der Waals surface area contributed by atoms with Crippen molar-refractivity contribution in [3.8, 4) is 11.5 Å². The number of piperazine rings is 1. The van der Waals surface area contributed by atoms with Crippen molar-refractivity contribution < 1.29 is 9.47 Å². The van der Waals surface area contributed by atoms with E-state index in [2.05, 4.69) is 17.1 Å². The van der Waals surface area contributed by atoms with E-state index in [1.807, 2.05) is 6.07 Å². The van der Waals surface area contributed by atoms with E-state index < -0.39 is 0 Å². The summed E-state index contributed by atoms with van der Waals surface area (Å²) in [5, 5.41) is 4.16. The Kier molecular flexibility index (Phi) is 3.82. The number of nitrogens with zero attached hydrogens (tertiary/aromatic N) is 1. The van der Waals surface area contributed by atoms with E-state index in [9.17, 15) is 0 Å². The summed E-state index contributed by atoms with van der Waals surface area (Å²) in [5.74, 6) is 1.67. The molecule has 1 aromatic carbocycles. The predicted octanol–water partition coefficient (Wildman–Crippen LogP) is 2.04. The normalized spacial score (nSPS) is 18.8. The minimum Gasteiger partial charge on any atom is -0.454 e. The summed E-state index contributed by atoms with van der Waals surface area (Å²) in [6, 6.07) is 1.89. The van der Waals surface area contributed by atoms with Crippen LogP contribution in [0.15, 0.2) is 6.07 Å². The van der Waals surface area contributed by atoms with E-state index in [1.165, 1.54) is 11.1 Å². The Morgan fingerprint density at radius 2 is 2.05 bits per heavy atom. The van der Waals surface area contributed by atoms with Crippen LogP contribution >= 0.6 is 11.6 Å². The Bertz CT molecular complexity index is 473. The summed E-state index contributed by atoms with van der Waals surface area (Å²) in [4.78, 5) is 2.43. The van der Waals surface area contributed by atoms with Gasteiger partial charge in [0.2, 0.25) is 6.79 Å². The molecule has 2 heterocycles. The van der Waals surface area contributed by atoms with Crippen molar-refractivity contribution >= 4 is 11.6 Å². The number of ether oxygens (including phenoxy) is 2. The average Bonchev–Trinajstić information content (AvgIpc) is 2.88. The third kappa shape index (κ3) is 2.53. The van der Waals surface area contributed by atoms with Crippen LogP contribution in [0.2, 0.25) is 5.02 Å². The number of hydrogen-bond acceptors (Lipinski definition) is 4. The molecule has 1 N–H and O–H groups in total. The van der Waals surface area contributed by atoms with Gasteiger partial charge in [-0.25, -0.2) is 0 Å². The molecule has 2 aliphatic rings. The summed E-state index contributed by atoms with van der Waals surface area (Å²) >= 11 is 6.43. The minimum absolute atomic E-state index is 0.301. The third-order valence-electron chi connectivity index (χ3n) is 3.77. The monoisotopic (exact) mass is 282 g/mol. The first kappa shape index (κ1) is 13.0. The fraction of sp³-hybridized carbons (Fsp3) is 0.571. The predicted molar refractivity (Wildman–Crippen MR) is 75.1 cm³/mol. The van der Waals surface area contributed by atoms with E-state index >= 15 is 0 Å². The summed E-state index contributed by atoms with van der Waals surface area (Å²) in [5.41, 5.74) is 2.38. The van der Waals surface area contributed by atoms with E-state index in [0.29, 0.717) is 6.79 Å². The number of nitrogens with one attached hydrogen (secondary N) is 1. The van der Waals surface area contributed by atoms with Gasteiger partial charge in [-0.3, -0.25) is 4.90 Å². The van der Waals surface area contributed by atoms with Crippen LogP contribution in [0.1, 0.15) is 18.1 Å². The summed E-state index contributed by atoms with van der Waals surface area (Å²) < 4.78 is 11.0. The van der Waals surface area contributed by atoms with Gasteiger partial charge in [-0.05, 0) is 12.0 Å². The third-order valence-corrected chi connectivity index (χ3v) is 4.11. The maximum absolute atomic E-state index is 6.43. The van der Waals surface area contributed by atoms with Gasteiger partial charge in [-0.2, -0.15) is 0 Å². The second-order valence-corrected chi connectivity index (χ2v) is 5.34. The van der Waals surface area contributed by atoms with E-state index in [1.54, 1.807) is 0 Å². The van der Waals surface area contributed by atoms with E-state index in [4.69, 9.17) is 21.1 Å². The fourth-order valence-corrected chi connectivity index (χ4v) is 3.03. The molecule has 2 aliphatic heterocycles. The Balaban J connectivity index is 1.91. The average molecular weight is 283 g/mol. The first-order valence-electron chi connectivity index (χ1n) is 6.82. The number of hydrogen-bond donors (Lipinski definition) is 1. The van der Waals surface area contributed by atoms with Gasteiger partial charge in [0.25, 0.3) is 0 Å². The maximum Gasteiger partial charge on any atom is 0.231 e. The smallest absolute Gasteiger partial charge is 0.231 e. The Morgan fingerprint density at radius 3 is 2.79 bits per heavy atom. The molecule has 0 radical (unpaired) electrons. The van der Waals surface area contributed by atoms with Crippen molar-refractivity contribution in [2.24, 2.45) is 0 Å². The number of halogens is 1. The highest BCUT2D eigenvalue weighted by Gasteiger charge is 2.24. The van der Waals surface area contributed by atoms with Gasteiger partial charge in [0.05, 0.1) is 0 Å². The van der Waals surface area contributed by atoms with Crippen molar-refractivity contribution in [3.63, 3.8) is 0 Å². The molecule has 4 nitrogen and oxygen atoms in total. The van der Waals surface area contributed by atoms with Crippen LogP contribution in [-0.2, 0) is 13.0 Å². The first-order chi connectivity index (χ1) is 9.29. The Hall–Kier alpha value is -0.970. The molecule has 19 heavy (non-hydrogen) atoms. The van der Waals surface area contributed by atoms with Crippen LogP contribution in [-0.4, -0.2) is 37.9 Å². The highest BCUT2D eigenvalue weighted by molar-refractivity contribution is 6.31. The highest BCUT2D eigenvalue weighted by atomic mass is 35.5. The molecular weight excluding hydrogens is 264 g/mol. The molecule has 3 rings (SSSR count). The molecule has 1 aromatic rings. The lowest BCUT2D eigenvalue weighted by molar-refractivity contribution is 0.173. The first-order valence-corrected chi connectivity index (χ1v) is 7.20. The Morgan fingerprint density at radius 1 is 1.26 bits per heavy atom. The molecule has 104 valence electrons.